The van der Waals surface area contributed by atoms with Crippen LogP contribution in [-0.4, -0.2) is 57.3 Å². The van der Waals surface area contributed by atoms with Crippen molar-refractivity contribution in [2.75, 3.05) is 5.32 Å². The van der Waals surface area contributed by atoms with Crippen LogP contribution in [0.3, 0.4) is 0 Å². The molecule has 8 rings (SSSR count). The predicted molar refractivity (Wildman–Crippen MR) is 146 cm³/mol. The summed E-state index contributed by atoms with van der Waals surface area (Å²) in [4.78, 5) is 19.2. The Hall–Kier alpha value is -3.96. The average Bonchev–Trinajstić information content (AvgIpc) is 3.64. The van der Waals surface area contributed by atoms with Gasteiger partial charge in [0.2, 0.25) is 5.95 Å². The fraction of sp³-hybridized carbons (Fsp3) is 0.519. The zero-order valence-electron chi connectivity index (χ0n) is 22.3. The van der Waals surface area contributed by atoms with E-state index < -0.39 is 12.3 Å². The minimum Gasteiger partial charge on any atom is -0.465 e. The van der Waals surface area contributed by atoms with Gasteiger partial charge in [0.15, 0.2) is 0 Å². The van der Waals surface area contributed by atoms with Crippen molar-refractivity contribution in [3.8, 4) is 11.3 Å². The van der Waals surface area contributed by atoms with Gasteiger partial charge in [-0.2, -0.15) is 10.2 Å². The van der Waals surface area contributed by atoms with Crippen LogP contribution in [0, 0.1) is 11.8 Å². The summed E-state index contributed by atoms with van der Waals surface area (Å²) in [7, 11) is 0. The molecule has 0 aliphatic heterocycles. The van der Waals surface area contributed by atoms with E-state index in [0.29, 0.717) is 11.9 Å². The summed E-state index contributed by atoms with van der Waals surface area (Å²) in [6, 6.07) is 3.80. The van der Waals surface area contributed by atoms with Crippen molar-refractivity contribution < 1.29 is 14.3 Å². The maximum absolute atomic E-state index is 11.9. The molecule has 0 radical (unpaired) electrons. The van der Waals surface area contributed by atoms with Crippen molar-refractivity contribution in [1.82, 2.24) is 39.7 Å². The molecule has 0 atom stereocenters. The Kier molecular flexibility index (Phi) is 7.80. The highest BCUT2D eigenvalue weighted by atomic mass is 19.1. The van der Waals surface area contributed by atoms with E-state index in [0.717, 1.165) is 80.1 Å². The zero-order chi connectivity index (χ0) is 27.4. The number of carboxylic acid groups (broad SMARTS) is 1. The number of imidazole rings is 1. The van der Waals surface area contributed by atoms with Gasteiger partial charge in [0, 0.05) is 48.4 Å². The monoisotopic (exact) mass is 537 g/mol. The number of aromatic amines is 1. The lowest BCUT2D eigenvalue weighted by molar-refractivity contribution is -0.0448. The van der Waals surface area contributed by atoms with Crippen LogP contribution in [0.1, 0.15) is 58.8 Å². The van der Waals surface area contributed by atoms with Crippen LogP contribution in [0.2, 0.25) is 0 Å². The molecule has 4 aliphatic carbocycles. The summed E-state index contributed by atoms with van der Waals surface area (Å²) in [6.07, 6.45) is 15.0. The molecule has 2 bridgehead atoms. The number of anilines is 2. The third-order valence-electron chi connectivity index (χ3n) is 7.31. The van der Waals surface area contributed by atoms with Gasteiger partial charge in [0.1, 0.15) is 17.6 Å². The smallest absolute Gasteiger partial charge is 0.405 e. The van der Waals surface area contributed by atoms with Crippen LogP contribution in [0.25, 0.3) is 16.9 Å². The van der Waals surface area contributed by atoms with Gasteiger partial charge >= 0.3 is 6.09 Å². The Balaban J connectivity index is 0.000000166. The first-order valence-electron chi connectivity index (χ1n) is 13.6. The van der Waals surface area contributed by atoms with Crippen LogP contribution in [0.5, 0.6) is 0 Å². The highest BCUT2D eigenvalue weighted by Crippen LogP contribution is 2.56. The number of hydrogen-bond acceptors (Lipinski definition) is 6. The minimum atomic E-state index is -0.867. The molecule has 4 saturated carbocycles. The number of amides is 1. The summed E-state index contributed by atoms with van der Waals surface area (Å²) < 4.78 is 15.8. The summed E-state index contributed by atoms with van der Waals surface area (Å²) >= 11 is 0. The second-order valence-corrected chi connectivity index (χ2v) is 11.1. The number of nitrogens with one attached hydrogen (secondary N) is 3. The SMILES string of the molecule is CC(C)Cn1cc(-c2cc3nccn3c(Nc3ccn[nH]3)n2)cn1.FC1CCCC1.O=C(O)NC12CC(C1)C2. The van der Waals surface area contributed by atoms with Crippen molar-refractivity contribution in [1.29, 1.82) is 0 Å². The van der Waals surface area contributed by atoms with E-state index in [1.807, 2.05) is 39.8 Å². The third kappa shape index (κ3) is 6.55. The Bertz CT molecular complexity index is 1360. The van der Waals surface area contributed by atoms with E-state index >= 15 is 0 Å². The average molecular weight is 538 g/mol. The minimum absolute atomic E-state index is 0.0382. The van der Waals surface area contributed by atoms with Gasteiger partial charge in [-0.3, -0.25) is 14.2 Å². The van der Waals surface area contributed by atoms with E-state index in [2.05, 4.69) is 44.8 Å². The van der Waals surface area contributed by atoms with Crippen molar-refractivity contribution in [3.63, 3.8) is 0 Å². The number of carbonyl (C=O) groups is 1. The molecule has 4 aromatic heterocycles. The number of hydrogen-bond donors (Lipinski definition) is 4. The number of H-pyrrole nitrogens is 1. The molecule has 0 unspecified atom stereocenters. The van der Waals surface area contributed by atoms with Crippen LogP contribution in [0.15, 0.2) is 43.1 Å². The number of aromatic nitrogens is 7. The molecule has 4 aromatic rings. The molecule has 4 aliphatic rings. The lowest BCUT2D eigenvalue weighted by Gasteiger charge is -2.61. The van der Waals surface area contributed by atoms with Gasteiger partial charge in [0.05, 0.1) is 18.1 Å². The fourth-order valence-electron chi connectivity index (χ4n) is 5.31. The number of nitrogens with zero attached hydrogens (tertiary/aromatic N) is 6. The number of rotatable bonds is 6. The van der Waals surface area contributed by atoms with E-state index in [4.69, 9.17) is 10.1 Å². The van der Waals surface area contributed by atoms with Crippen LogP contribution in [0.4, 0.5) is 21.0 Å². The first kappa shape index (κ1) is 26.6. The van der Waals surface area contributed by atoms with E-state index in [1.165, 1.54) is 0 Å². The molecule has 11 nitrogen and oxygen atoms in total. The van der Waals surface area contributed by atoms with Gasteiger partial charge in [-0.05, 0) is 43.9 Å². The topological polar surface area (TPSA) is 138 Å². The lowest BCUT2D eigenvalue weighted by atomic mass is 9.50. The van der Waals surface area contributed by atoms with Crippen molar-refractivity contribution >= 4 is 23.5 Å². The molecular formula is C27H36FN9O2. The molecule has 0 saturated heterocycles. The van der Waals surface area contributed by atoms with Gasteiger partial charge in [0.25, 0.3) is 0 Å². The highest BCUT2D eigenvalue weighted by Gasteiger charge is 2.57. The molecular weight excluding hydrogens is 501 g/mol. The summed E-state index contributed by atoms with van der Waals surface area (Å²) in [5.74, 6) is 2.82. The molecule has 4 fully saturated rings. The van der Waals surface area contributed by atoms with Crippen molar-refractivity contribution in [2.45, 2.75) is 77.0 Å². The van der Waals surface area contributed by atoms with Crippen molar-refractivity contribution in [3.05, 3.63) is 43.1 Å². The maximum atomic E-state index is 11.9. The first-order valence-corrected chi connectivity index (χ1v) is 13.6. The second-order valence-electron chi connectivity index (χ2n) is 11.1. The fourth-order valence-corrected chi connectivity index (χ4v) is 5.31. The Morgan fingerprint density at radius 1 is 1.26 bits per heavy atom. The molecule has 208 valence electrons. The van der Waals surface area contributed by atoms with Crippen molar-refractivity contribution in [2.24, 2.45) is 11.8 Å². The zero-order valence-corrected chi connectivity index (χ0v) is 22.3. The molecule has 1 amide bonds. The van der Waals surface area contributed by atoms with Gasteiger partial charge in [-0.15, -0.1) is 0 Å². The standard InChI is InChI=1S/C16H18N8.C6H9NO2.C5H9F/c1-11(2)9-23-10-12(8-19-23)13-7-15-17-5-6-24(15)16(20-13)21-14-3-4-18-22-14;8-5(9)7-6-1-4(2-6)3-6;6-5-3-1-2-4-5/h3-8,10-11H,9H2,1-2H3,(H2,18,20,21,22);4,7H,1-3H2,(H,8,9);5H,1-4H2. The molecule has 4 heterocycles. The van der Waals surface area contributed by atoms with E-state index in [1.54, 1.807) is 12.4 Å². The van der Waals surface area contributed by atoms with Gasteiger partial charge in [-0.1, -0.05) is 26.7 Å². The van der Waals surface area contributed by atoms with Gasteiger partial charge < -0.3 is 15.7 Å². The number of halogens is 1. The highest BCUT2D eigenvalue weighted by molar-refractivity contribution is 5.67. The van der Waals surface area contributed by atoms with Crippen LogP contribution < -0.4 is 10.6 Å². The number of fused-ring (bicyclic) bond motifs is 1. The van der Waals surface area contributed by atoms with Crippen LogP contribution >= 0.6 is 0 Å². The first-order chi connectivity index (χ1) is 18.8. The maximum Gasteiger partial charge on any atom is 0.405 e. The Morgan fingerprint density at radius 2 is 2.03 bits per heavy atom. The summed E-state index contributed by atoms with van der Waals surface area (Å²) in [6.45, 7) is 5.22. The largest absolute Gasteiger partial charge is 0.465 e. The molecule has 39 heavy (non-hydrogen) atoms. The number of alkyl halides is 1. The molecule has 4 N–H and O–H groups in total. The van der Waals surface area contributed by atoms with E-state index in [9.17, 15) is 9.18 Å². The van der Waals surface area contributed by atoms with Gasteiger partial charge in [-0.25, -0.2) is 19.2 Å². The van der Waals surface area contributed by atoms with Crippen LogP contribution in [-0.2, 0) is 6.54 Å². The summed E-state index contributed by atoms with van der Waals surface area (Å²) in [5, 5.41) is 25.3. The Labute approximate surface area is 226 Å². The van der Waals surface area contributed by atoms with E-state index in [-0.39, 0.29) is 5.54 Å². The molecule has 12 heteroatoms. The predicted octanol–water partition coefficient (Wildman–Crippen LogP) is 5.42. The lowest BCUT2D eigenvalue weighted by Crippen LogP contribution is -2.67. The second kappa shape index (κ2) is 11.4. The Morgan fingerprint density at radius 3 is 2.56 bits per heavy atom. The quantitative estimate of drug-likeness (QED) is 0.258. The summed E-state index contributed by atoms with van der Waals surface area (Å²) in [5.41, 5.74) is 2.65. The third-order valence-corrected chi connectivity index (χ3v) is 7.31. The molecule has 0 aromatic carbocycles. The molecule has 0 spiro atoms. The normalized spacial score (nSPS) is 21.3.